The molecule has 0 spiro atoms. The van der Waals surface area contributed by atoms with E-state index >= 15 is 0 Å². The van der Waals surface area contributed by atoms with Crippen molar-refractivity contribution in [3.63, 3.8) is 0 Å². The van der Waals surface area contributed by atoms with Gasteiger partial charge in [-0.2, -0.15) is 0 Å². The van der Waals surface area contributed by atoms with Gasteiger partial charge in [-0.25, -0.2) is 13.9 Å². The zero-order valence-corrected chi connectivity index (χ0v) is 16.4. The third-order valence-corrected chi connectivity index (χ3v) is 5.80. The van der Waals surface area contributed by atoms with Gasteiger partial charge in [0.1, 0.15) is 5.82 Å². The van der Waals surface area contributed by atoms with Crippen molar-refractivity contribution < 1.29 is 13.9 Å². The minimum absolute atomic E-state index is 0.103. The molecule has 0 atom stereocenters. The number of non-ortho nitro benzene ring substituents is 1. The number of hydrogen-bond donors (Lipinski definition) is 0. The first-order valence-electron chi connectivity index (χ1n) is 9.33. The zero-order chi connectivity index (χ0) is 20.2. The average molecular weight is 408 g/mol. The maximum Gasteiger partial charge on any atom is 0.270 e. The van der Waals surface area contributed by atoms with Crippen molar-refractivity contribution in [2.24, 2.45) is 0 Å². The Labute approximate surface area is 171 Å². The van der Waals surface area contributed by atoms with E-state index in [2.05, 4.69) is 21.7 Å². The van der Waals surface area contributed by atoms with Crippen molar-refractivity contribution in [1.29, 1.82) is 0 Å². The number of rotatable bonds is 7. The number of hydrogen-bond acceptors (Lipinski definition) is 4. The minimum atomic E-state index is -0.378. The molecular formula is C22H19FN3O2S+. The molecule has 7 heteroatoms. The highest BCUT2D eigenvalue weighted by atomic mass is 32.1. The van der Waals surface area contributed by atoms with Gasteiger partial charge in [-0.15, -0.1) is 11.3 Å². The van der Waals surface area contributed by atoms with Gasteiger partial charge >= 0.3 is 0 Å². The molecule has 0 amide bonds. The fourth-order valence-electron chi connectivity index (χ4n) is 3.19. The maximum atomic E-state index is 13.0. The number of aryl methyl sites for hydroxylation is 2. The molecule has 5 nitrogen and oxygen atoms in total. The van der Waals surface area contributed by atoms with E-state index in [0.717, 1.165) is 40.1 Å². The number of benzene rings is 2. The van der Waals surface area contributed by atoms with E-state index in [1.54, 1.807) is 24.3 Å². The molecule has 2 aromatic heterocycles. The van der Waals surface area contributed by atoms with Crippen molar-refractivity contribution in [3.05, 3.63) is 99.1 Å². The number of pyridine rings is 1. The Kier molecular flexibility index (Phi) is 5.57. The minimum Gasteiger partial charge on any atom is -0.258 e. The van der Waals surface area contributed by atoms with Crippen LogP contribution >= 0.6 is 11.3 Å². The molecule has 0 aliphatic heterocycles. The normalized spacial score (nSPS) is 11.1. The summed E-state index contributed by atoms with van der Waals surface area (Å²) < 4.78 is 15.9. The van der Waals surface area contributed by atoms with Crippen molar-refractivity contribution in [2.75, 3.05) is 0 Å². The molecule has 2 aromatic carbocycles. The van der Waals surface area contributed by atoms with E-state index in [1.807, 2.05) is 12.4 Å². The molecule has 29 heavy (non-hydrogen) atoms. The number of halogens is 1. The second kappa shape index (κ2) is 8.45. The molecule has 146 valence electrons. The second-order valence-electron chi connectivity index (χ2n) is 6.88. The van der Waals surface area contributed by atoms with Gasteiger partial charge in [0, 0.05) is 29.8 Å². The number of aromatic nitrogens is 2. The van der Waals surface area contributed by atoms with Gasteiger partial charge in [0.05, 0.1) is 20.1 Å². The van der Waals surface area contributed by atoms with Crippen molar-refractivity contribution in [3.8, 4) is 0 Å². The van der Waals surface area contributed by atoms with Crippen LogP contribution in [0.3, 0.4) is 0 Å². The van der Waals surface area contributed by atoms with Crippen LogP contribution in [0.2, 0.25) is 0 Å². The predicted molar refractivity (Wildman–Crippen MR) is 110 cm³/mol. The Morgan fingerprint density at radius 3 is 2.48 bits per heavy atom. The van der Waals surface area contributed by atoms with Gasteiger partial charge in [0.15, 0.2) is 18.9 Å². The van der Waals surface area contributed by atoms with Crippen LogP contribution in [0.25, 0.3) is 10.2 Å². The van der Waals surface area contributed by atoms with Crippen LogP contribution in [0.5, 0.6) is 0 Å². The van der Waals surface area contributed by atoms with Crippen LogP contribution in [0.4, 0.5) is 10.1 Å². The summed E-state index contributed by atoms with van der Waals surface area (Å²) in [5, 5.41) is 11.9. The topological polar surface area (TPSA) is 59.9 Å². The summed E-state index contributed by atoms with van der Waals surface area (Å²) >= 11 is 1.52. The first-order valence-corrected chi connectivity index (χ1v) is 10.1. The fourth-order valence-corrected chi connectivity index (χ4v) is 4.23. The van der Waals surface area contributed by atoms with Crippen molar-refractivity contribution in [1.82, 2.24) is 4.98 Å². The lowest BCUT2D eigenvalue weighted by atomic mass is 10.1. The van der Waals surface area contributed by atoms with Gasteiger partial charge in [-0.05, 0) is 55.2 Å². The summed E-state index contributed by atoms with van der Waals surface area (Å²) in [4.78, 5) is 15.1. The zero-order valence-electron chi connectivity index (χ0n) is 15.6. The highest BCUT2D eigenvalue weighted by Gasteiger charge is 2.10. The molecule has 4 rings (SSSR count). The van der Waals surface area contributed by atoms with Crippen LogP contribution in [-0.2, 0) is 19.4 Å². The summed E-state index contributed by atoms with van der Waals surface area (Å²) in [7, 11) is 0. The van der Waals surface area contributed by atoms with E-state index in [-0.39, 0.29) is 16.4 Å². The quantitative estimate of drug-likeness (QED) is 0.249. The Bertz CT molecular complexity index is 1140. The maximum absolute atomic E-state index is 13.0. The van der Waals surface area contributed by atoms with Crippen LogP contribution in [0, 0.1) is 15.9 Å². The van der Waals surface area contributed by atoms with Gasteiger partial charge in [0.2, 0.25) is 0 Å². The molecule has 0 saturated carbocycles. The first-order chi connectivity index (χ1) is 14.1. The average Bonchev–Trinajstić information content (AvgIpc) is 3.13. The number of nitro benzene ring substituents is 1. The fraction of sp³-hybridized carbons (Fsp3) is 0.182. The van der Waals surface area contributed by atoms with E-state index in [1.165, 1.54) is 35.1 Å². The molecule has 0 saturated heterocycles. The molecule has 0 unspecified atom stereocenters. The third-order valence-electron chi connectivity index (χ3n) is 4.72. The van der Waals surface area contributed by atoms with Crippen LogP contribution in [-0.4, -0.2) is 9.91 Å². The summed E-state index contributed by atoms with van der Waals surface area (Å²) in [6.07, 6.45) is 6.82. The standard InChI is InChI=1S/C22H19FN3O2S/c23-18-6-4-17(5-7-18)15-25-12-10-16(11-13-25)2-1-3-22-24-20-9-8-19(26(27)28)14-21(20)29-22/h4-14H,1-3,15H2/q+1. The van der Waals surface area contributed by atoms with Gasteiger partial charge in [-0.1, -0.05) is 0 Å². The van der Waals surface area contributed by atoms with Crippen molar-refractivity contribution in [2.45, 2.75) is 25.8 Å². The lowest BCUT2D eigenvalue weighted by molar-refractivity contribution is -0.688. The highest BCUT2D eigenvalue weighted by molar-refractivity contribution is 7.18. The van der Waals surface area contributed by atoms with E-state index in [4.69, 9.17) is 0 Å². The Balaban J connectivity index is 1.32. The molecule has 0 radical (unpaired) electrons. The lowest BCUT2D eigenvalue weighted by Crippen LogP contribution is -2.33. The predicted octanol–water partition coefficient (Wildman–Crippen LogP) is 4.85. The van der Waals surface area contributed by atoms with Crippen LogP contribution in [0.1, 0.15) is 22.6 Å². The smallest absolute Gasteiger partial charge is 0.258 e. The summed E-state index contributed by atoms with van der Waals surface area (Å²) in [6.45, 7) is 0.707. The van der Waals surface area contributed by atoms with Gasteiger partial charge in [0.25, 0.3) is 5.69 Å². The Morgan fingerprint density at radius 1 is 1.00 bits per heavy atom. The molecule has 0 aliphatic carbocycles. The highest BCUT2D eigenvalue weighted by Crippen LogP contribution is 2.27. The second-order valence-corrected chi connectivity index (χ2v) is 7.99. The first kappa shape index (κ1) is 19.1. The van der Waals surface area contributed by atoms with Crippen LogP contribution < -0.4 is 4.57 Å². The number of fused-ring (bicyclic) bond motifs is 1. The van der Waals surface area contributed by atoms with E-state index < -0.39 is 0 Å². The molecule has 0 fully saturated rings. The van der Waals surface area contributed by atoms with Gasteiger partial charge in [-0.3, -0.25) is 10.1 Å². The van der Waals surface area contributed by atoms with Crippen molar-refractivity contribution >= 4 is 27.2 Å². The number of nitrogens with zero attached hydrogens (tertiary/aromatic N) is 3. The Hall–Kier alpha value is -3.19. The summed E-state index contributed by atoms with van der Waals surface area (Å²) in [6, 6.07) is 15.5. The van der Waals surface area contributed by atoms with E-state index in [9.17, 15) is 14.5 Å². The Morgan fingerprint density at radius 2 is 1.76 bits per heavy atom. The molecule has 0 aliphatic rings. The largest absolute Gasteiger partial charge is 0.270 e. The third kappa shape index (κ3) is 4.81. The monoisotopic (exact) mass is 408 g/mol. The lowest BCUT2D eigenvalue weighted by Gasteiger charge is -2.01. The molecule has 0 N–H and O–H groups in total. The SMILES string of the molecule is O=[N+]([O-])c1ccc2nc(CCCc3cc[n+](Cc4ccc(F)cc4)cc3)sc2c1. The number of thiazole rings is 1. The summed E-state index contributed by atoms with van der Waals surface area (Å²) in [5.41, 5.74) is 3.22. The molecule has 0 bridgehead atoms. The van der Waals surface area contributed by atoms with E-state index in [0.29, 0.717) is 6.54 Å². The summed E-state index contributed by atoms with van der Waals surface area (Å²) in [5.74, 6) is -0.222. The molecule has 4 aromatic rings. The van der Waals surface area contributed by atoms with Gasteiger partial charge < -0.3 is 0 Å². The number of nitro groups is 1. The molecule has 2 heterocycles. The molecular weight excluding hydrogens is 389 g/mol. The van der Waals surface area contributed by atoms with Crippen LogP contribution in [0.15, 0.2) is 67.0 Å².